The van der Waals surface area contributed by atoms with Gasteiger partial charge in [-0.05, 0) is 37.5 Å². The number of hydrogen-bond acceptors (Lipinski definition) is 2. The minimum atomic E-state index is -0.565. The van der Waals surface area contributed by atoms with E-state index in [2.05, 4.69) is 36.5 Å². The van der Waals surface area contributed by atoms with Crippen molar-refractivity contribution in [2.75, 3.05) is 0 Å². The van der Waals surface area contributed by atoms with Crippen LogP contribution in [0.4, 0.5) is 0 Å². The van der Waals surface area contributed by atoms with Gasteiger partial charge in [0.25, 0.3) is 5.91 Å². The van der Waals surface area contributed by atoms with Gasteiger partial charge in [-0.2, -0.15) is 0 Å². The lowest BCUT2D eigenvalue weighted by Crippen LogP contribution is -2.40. The van der Waals surface area contributed by atoms with Crippen molar-refractivity contribution in [1.29, 1.82) is 0 Å². The molecule has 0 saturated heterocycles. The lowest BCUT2D eigenvalue weighted by molar-refractivity contribution is -0.128. The van der Waals surface area contributed by atoms with Crippen molar-refractivity contribution in [2.45, 2.75) is 45.8 Å². The molecule has 0 saturated carbocycles. The largest absolute Gasteiger partial charge is 0.479 e. The zero-order valence-electron chi connectivity index (χ0n) is 14.4. The highest BCUT2D eigenvalue weighted by atomic mass is 35.5. The second-order valence-corrected chi connectivity index (χ2v) is 6.23. The molecule has 0 aromatic heterocycles. The molecule has 0 fully saturated rings. The monoisotopic (exact) mass is 345 g/mol. The van der Waals surface area contributed by atoms with Crippen LogP contribution in [0, 0.1) is 6.92 Å². The van der Waals surface area contributed by atoms with Crippen molar-refractivity contribution >= 4 is 17.5 Å². The smallest absolute Gasteiger partial charge is 0.261 e. The van der Waals surface area contributed by atoms with E-state index in [0.29, 0.717) is 17.2 Å². The van der Waals surface area contributed by atoms with E-state index in [9.17, 15) is 4.79 Å². The summed E-state index contributed by atoms with van der Waals surface area (Å²) >= 11 is 6.12. The van der Waals surface area contributed by atoms with Crippen LogP contribution in [0.25, 0.3) is 0 Å². The Morgan fingerprint density at radius 3 is 2.33 bits per heavy atom. The van der Waals surface area contributed by atoms with E-state index in [-0.39, 0.29) is 11.9 Å². The van der Waals surface area contributed by atoms with Gasteiger partial charge in [0.15, 0.2) is 6.10 Å². The second kappa shape index (κ2) is 8.74. The first-order chi connectivity index (χ1) is 11.5. The number of carbonyl (C=O) groups excluding carboxylic acids is 1. The first-order valence-corrected chi connectivity index (χ1v) is 8.71. The van der Waals surface area contributed by atoms with E-state index >= 15 is 0 Å². The number of ether oxygens (including phenoxy) is 1. The van der Waals surface area contributed by atoms with Crippen molar-refractivity contribution in [3.63, 3.8) is 0 Å². The van der Waals surface area contributed by atoms with Crippen molar-refractivity contribution in [3.05, 3.63) is 64.7 Å². The summed E-state index contributed by atoms with van der Waals surface area (Å²) < 4.78 is 5.81. The maximum absolute atomic E-state index is 12.6. The van der Waals surface area contributed by atoms with Gasteiger partial charge < -0.3 is 10.1 Å². The Morgan fingerprint density at radius 1 is 1.08 bits per heavy atom. The molecule has 24 heavy (non-hydrogen) atoms. The Balaban J connectivity index is 2.07. The quantitative estimate of drug-likeness (QED) is 0.760. The number of nitrogens with one attached hydrogen (secondary N) is 1. The number of hydrogen-bond donors (Lipinski definition) is 1. The third-order valence-electron chi connectivity index (χ3n) is 3.97. The molecule has 0 unspecified atom stereocenters. The van der Waals surface area contributed by atoms with E-state index in [1.807, 2.05) is 26.0 Å². The number of amides is 1. The summed E-state index contributed by atoms with van der Waals surface area (Å²) in [5, 5.41) is 3.59. The van der Waals surface area contributed by atoms with Gasteiger partial charge in [0, 0.05) is 0 Å². The predicted octanol–water partition coefficient (Wildman–Crippen LogP) is 5.07. The van der Waals surface area contributed by atoms with E-state index in [0.717, 1.165) is 12.0 Å². The number of rotatable bonds is 7. The molecule has 1 N–H and O–H groups in total. The van der Waals surface area contributed by atoms with E-state index in [4.69, 9.17) is 16.3 Å². The molecule has 0 aliphatic rings. The molecule has 2 aromatic carbocycles. The molecule has 1 amide bonds. The Hall–Kier alpha value is -2.00. The van der Waals surface area contributed by atoms with Gasteiger partial charge >= 0.3 is 0 Å². The summed E-state index contributed by atoms with van der Waals surface area (Å²) in [6, 6.07) is 15.4. The minimum Gasteiger partial charge on any atom is -0.479 e. The average molecular weight is 346 g/mol. The zero-order chi connectivity index (χ0) is 17.5. The van der Waals surface area contributed by atoms with Crippen molar-refractivity contribution in [2.24, 2.45) is 0 Å². The van der Waals surface area contributed by atoms with Crippen LogP contribution in [-0.2, 0) is 4.79 Å². The molecular formula is C20H24ClNO2. The summed E-state index contributed by atoms with van der Waals surface area (Å²) in [6.07, 6.45) is 0.822. The highest BCUT2D eigenvalue weighted by molar-refractivity contribution is 6.32. The van der Waals surface area contributed by atoms with Crippen LogP contribution in [-0.4, -0.2) is 12.0 Å². The van der Waals surface area contributed by atoms with E-state index in [1.165, 1.54) is 5.56 Å². The Labute approximate surface area is 149 Å². The van der Waals surface area contributed by atoms with Crippen LogP contribution in [0.2, 0.25) is 5.02 Å². The summed E-state index contributed by atoms with van der Waals surface area (Å²) in [6.45, 7) is 6.03. The van der Waals surface area contributed by atoms with E-state index in [1.54, 1.807) is 12.1 Å². The molecule has 0 aliphatic carbocycles. The number of halogens is 1. The fraction of sp³-hybridized carbons (Fsp3) is 0.350. The topological polar surface area (TPSA) is 38.3 Å². The molecule has 2 rings (SSSR count). The van der Waals surface area contributed by atoms with Crippen LogP contribution in [0.1, 0.15) is 43.9 Å². The Morgan fingerprint density at radius 2 is 1.75 bits per heavy atom. The van der Waals surface area contributed by atoms with Gasteiger partial charge in [0.2, 0.25) is 0 Å². The molecule has 4 heteroatoms. The molecule has 2 aromatic rings. The molecule has 0 spiro atoms. The van der Waals surface area contributed by atoms with Gasteiger partial charge in [0.1, 0.15) is 5.75 Å². The van der Waals surface area contributed by atoms with Gasteiger partial charge in [-0.3, -0.25) is 4.79 Å². The first-order valence-electron chi connectivity index (χ1n) is 8.33. The third-order valence-corrected chi connectivity index (χ3v) is 4.29. The first kappa shape index (κ1) is 18.3. The Kier molecular flexibility index (Phi) is 6.68. The van der Waals surface area contributed by atoms with Crippen molar-refractivity contribution in [3.8, 4) is 5.75 Å². The molecule has 0 heterocycles. The molecule has 128 valence electrons. The summed E-state index contributed by atoms with van der Waals surface area (Å²) in [5.74, 6) is 0.411. The Bertz CT molecular complexity index is 670. The van der Waals surface area contributed by atoms with Gasteiger partial charge in [-0.15, -0.1) is 0 Å². The normalized spacial score (nSPS) is 13.2. The number of para-hydroxylation sites is 1. The fourth-order valence-corrected chi connectivity index (χ4v) is 2.68. The predicted molar refractivity (Wildman–Crippen MR) is 98.5 cm³/mol. The number of aryl methyl sites for hydroxylation is 1. The molecule has 2 atom stereocenters. The van der Waals surface area contributed by atoms with Crippen molar-refractivity contribution in [1.82, 2.24) is 5.32 Å². The second-order valence-electron chi connectivity index (χ2n) is 5.83. The fourth-order valence-electron chi connectivity index (χ4n) is 2.50. The molecule has 3 nitrogen and oxygen atoms in total. The van der Waals surface area contributed by atoms with E-state index < -0.39 is 6.10 Å². The summed E-state index contributed by atoms with van der Waals surface area (Å²) in [5.41, 5.74) is 2.30. The standard InChI is InChI=1S/C20H24ClNO2/c1-4-17(15-12-10-14(3)11-13-15)22-20(23)18(5-2)24-19-9-7-6-8-16(19)21/h6-13,17-18H,4-5H2,1-3H3,(H,22,23)/t17-,18+/m1/s1. The van der Waals surface area contributed by atoms with Gasteiger partial charge in [-0.1, -0.05) is 67.4 Å². The zero-order valence-corrected chi connectivity index (χ0v) is 15.1. The molecule has 0 radical (unpaired) electrons. The number of benzene rings is 2. The minimum absolute atomic E-state index is 0.0259. The molecular weight excluding hydrogens is 322 g/mol. The van der Waals surface area contributed by atoms with Crippen LogP contribution < -0.4 is 10.1 Å². The SMILES string of the molecule is CC[C@H](Oc1ccccc1Cl)C(=O)N[C@H](CC)c1ccc(C)cc1. The third kappa shape index (κ3) is 4.75. The van der Waals surface area contributed by atoms with Crippen LogP contribution in [0.15, 0.2) is 48.5 Å². The highest BCUT2D eigenvalue weighted by Crippen LogP contribution is 2.25. The van der Waals surface area contributed by atoms with Gasteiger partial charge in [-0.25, -0.2) is 0 Å². The number of carbonyl (C=O) groups is 1. The lowest BCUT2D eigenvalue weighted by Gasteiger charge is -2.23. The summed E-state index contributed by atoms with van der Waals surface area (Å²) in [4.78, 5) is 12.6. The maximum Gasteiger partial charge on any atom is 0.261 e. The van der Waals surface area contributed by atoms with Gasteiger partial charge in [0.05, 0.1) is 11.1 Å². The molecule has 0 bridgehead atoms. The highest BCUT2D eigenvalue weighted by Gasteiger charge is 2.22. The van der Waals surface area contributed by atoms with Crippen molar-refractivity contribution < 1.29 is 9.53 Å². The maximum atomic E-state index is 12.6. The molecule has 0 aliphatic heterocycles. The van der Waals surface area contributed by atoms with Crippen LogP contribution in [0.3, 0.4) is 0 Å². The lowest BCUT2D eigenvalue weighted by atomic mass is 10.0. The van der Waals surface area contributed by atoms with Crippen LogP contribution in [0.5, 0.6) is 5.75 Å². The summed E-state index contributed by atoms with van der Waals surface area (Å²) in [7, 11) is 0. The van der Waals surface area contributed by atoms with Crippen LogP contribution >= 0.6 is 11.6 Å². The average Bonchev–Trinajstić information content (AvgIpc) is 2.59.